The summed E-state index contributed by atoms with van der Waals surface area (Å²) in [5, 5.41) is 4.37. The topological polar surface area (TPSA) is 95.9 Å². The Morgan fingerprint density at radius 3 is 2.79 bits per heavy atom. The number of hydrogen-bond acceptors (Lipinski definition) is 4. The van der Waals surface area contributed by atoms with Crippen molar-refractivity contribution >= 4 is 5.65 Å². The van der Waals surface area contributed by atoms with E-state index in [2.05, 4.69) is 20.1 Å². The zero-order valence-electron chi connectivity index (χ0n) is 14.3. The van der Waals surface area contributed by atoms with Gasteiger partial charge in [0, 0.05) is 24.2 Å². The average molecular weight is 381 g/mol. The van der Waals surface area contributed by atoms with Gasteiger partial charge in [-0.05, 0) is 36.0 Å². The highest BCUT2D eigenvalue weighted by Crippen LogP contribution is 2.56. The highest BCUT2D eigenvalue weighted by atomic mass is 19.2. The van der Waals surface area contributed by atoms with Gasteiger partial charge in [0.05, 0.1) is 11.3 Å². The van der Waals surface area contributed by atoms with Gasteiger partial charge in [-0.25, -0.2) is 23.1 Å². The van der Waals surface area contributed by atoms with E-state index < -0.39 is 22.9 Å². The normalized spacial score (nSPS) is 18.5. The summed E-state index contributed by atoms with van der Waals surface area (Å²) in [6.45, 7) is 0. The van der Waals surface area contributed by atoms with Crippen molar-refractivity contribution < 1.29 is 8.78 Å². The van der Waals surface area contributed by atoms with E-state index >= 15 is 0 Å². The van der Waals surface area contributed by atoms with Crippen LogP contribution in [0.4, 0.5) is 8.78 Å². The molecule has 9 heteroatoms. The predicted molar refractivity (Wildman–Crippen MR) is 96.1 cm³/mol. The van der Waals surface area contributed by atoms with E-state index in [1.54, 1.807) is 24.5 Å². The summed E-state index contributed by atoms with van der Waals surface area (Å²) in [6, 6.07) is 5.88. The Hall–Kier alpha value is -3.62. The van der Waals surface area contributed by atoms with E-state index in [0.29, 0.717) is 23.3 Å². The zero-order valence-corrected chi connectivity index (χ0v) is 14.3. The zero-order chi connectivity index (χ0) is 19.4. The van der Waals surface area contributed by atoms with Crippen molar-refractivity contribution in [3.05, 3.63) is 86.5 Å². The molecule has 2 atom stereocenters. The quantitative estimate of drug-likeness (QED) is 0.569. The van der Waals surface area contributed by atoms with Gasteiger partial charge < -0.3 is 4.98 Å². The number of nitrogens with zero attached hydrogens (tertiary/aromatic N) is 3. The Morgan fingerprint density at radius 2 is 1.96 bits per heavy atom. The van der Waals surface area contributed by atoms with Crippen LogP contribution in [0.1, 0.15) is 29.4 Å². The largest absolute Gasteiger partial charge is 0.325 e. The molecule has 1 aliphatic rings. The van der Waals surface area contributed by atoms with E-state index in [0.717, 1.165) is 11.6 Å². The molecule has 28 heavy (non-hydrogen) atoms. The van der Waals surface area contributed by atoms with Gasteiger partial charge in [0.2, 0.25) is 0 Å². The Labute approximate surface area is 155 Å². The molecular weight excluding hydrogens is 368 g/mol. The predicted octanol–water partition coefficient (Wildman–Crippen LogP) is 2.32. The standard InChI is InChI=1S/C19H13F2N5O2/c20-14-3-1-2-9(16(14)21)10-6-11(10)12-7-15(25-26-5-4-22-17(12)26)13-8-23-19(28)24-18(13)27/h1-5,7-8,10-11H,6H2,(H2,23,24,27,28). The maximum atomic E-state index is 14.2. The fraction of sp³-hybridized carbons (Fsp3) is 0.158. The number of benzene rings is 1. The molecule has 0 bridgehead atoms. The molecule has 1 aromatic carbocycles. The van der Waals surface area contributed by atoms with Gasteiger partial charge >= 0.3 is 5.69 Å². The third-order valence-corrected chi connectivity index (χ3v) is 5.05. The van der Waals surface area contributed by atoms with Crippen LogP contribution in [0.5, 0.6) is 0 Å². The molecule has 5 rings (SSSR count). The number of fused-ring (bicyclic) bond motifs is 1. The smallest absolute Gasteiger partial charge is 0.313 e. The first-order chi connectivity index (χ1) is 13.5. The number of aromatic nitrogens is 5. The number of hydrogen-bond donors (Lipinski definition) is 2. The van der Waals surface area contributed by atoms with Crippen molar-refractivity contribution in [2.24, 2.45) is 0 Å². The molecule has 0 spiro atoms. The molecule has 1 fully saturated rings. The average Bonchev–Trinajstić information content (AvgIpc) is 3.31. The Balaban J connectivity index is 1.62. The van der Waals surface area contributed by atoms with E-state index in [-0.39, 0.29) is 17.4 Å². The first-order valence-electron chi connectivity index (χ1n) is 8.63. The number of nitrogens with one attached hydrogen (secondary N) is 2. The van der Waals surface area contributed by atoms with Gasteiger partial charge in [-0.2, -0.15) is 5.10 Å². The summed E-state index contributed by atoms with van der Waals surface area (Å²) >= 11 is 0. The van der Waals surface area contributed by atoms with Crippen molar-refractivity contribution in [3.63, 3.8) is 0 Å². The lowest BCUT2D eigenvalue weighted by Gasteiger charge is -2.08. The van der Waals surface area contributed by atoms with Crippen LogP contribution in [-0.4, -0.2) is 24.6 Å². The fourth-order valence-electron chi connectivity index (χ4n) is 3.63. The molecule has 3 aromatic heterocycles. The second-order valence-corrected chi connectivity index (χ2v) is 6.76. The first kappa shape index (κ1) is 16.5. The van der Waals surface area contributed by atoms with Crippen molar-refractivity contribution in [1.82, 2.24) is 24.6 Å². The lowest BCUT2D eigenvalue weighted by atomic mass is 10.0. The summed E-state index contributed by atoms with van der Waals surface area (Å²) in [6.07, 6.45) is 5.15. The third-order valence-electron chi connectivity index (χ3n) is 5.05. The second-order valence-electron chi connectivity index (χ2n) is 6.76. The molecule has 4 aromatic rings. The first-order valence-corrected chi connectivity index (χ1v) is 8.63. The summed E-state index contributed by atoms with van der Waals surface area (Å²) in [5.74, 6) is -1.96. The van der Waals surface area contributed by atoms with Crippen LogP contribution in [0.3, 0.4) is 0 Å². The Morgan fingerprint density at radius 1 is 1.14 bits per heavy atom. The van der Waals surface area contributed by atoms with Gasteiger partial charge in [-0.3, -0.25) is 9.78 Å². The molecule has 1 aliphatic carbocycles. The molecule has 2 N–H and O–H groups in total. The van der Waals surface area contributed by atoms with Gasteiger partial charge in [0.25, 0.3) is 5.56 Å². The van der Waals surface area contributed by atoms with Crippen molar-refractivity contribution in [3.8, 4) is 11.3 Å². The Bertz CT molecular complexity index is 1340. The molecule has 3 heterocycles. The number of halogens is 2. The molecule has 2 unspecified atom stereocenters. The number of aromatic amines is 2. The SMILES string of the molecule is O=c1[nH]cc(-c2cc(C3CC3c3cccc(F)c3F)c3nccn3n2)c(=O)[nH]1. The van der Waals surface area contributed by atoms with Crippen LogP contribution in [0.25, 0.3) is 16.9 Å². The van der Waals surface area contributed by atoms with Gasteiger partial charge in [-0.1, -0.05) is 12.1 Å². The van der Waals surface area contributed by atoms with E-state index in [4.69, 9.17) is 0 Å². The minimum atomic E-state index is -0.871. The molecule has 0 aliphatic heterocycles. The maximum Gasteiger partial charge on any atom is 0.325 e. The molecule has 0 saturated heterocycles. The Kier molecular flexibility index (Phi) is 3.51. The van der Waals surface area contributed by atoms with Crippen molar-refractivity contribution in [2.45, 2.75) is 18.3 Å². The van der Waals surface area contributed by atoms with Crippen LogP contribution < -0.4 is 11.2 Å². The highest BCUT2D eigenvalue weighted by Gasteiger charge is 2.43. The van der Waals surface area contributed by atoms with E-state index in [1.165, 1.54) is 16.8 Å². The fourth-order valence-corrected chi connectivity index (χ4v) is 3.63. The summed E-state index contributed by atoms with van der Waals surface area (Å²) in [4.78, 5) is 32.3. The summed E-state index contributed by atoms with van der Waals surface area (Å²) in [7, 11) is 0. The van der Waals surface area contributed by atoms with Crippen LogP contribution in [0, 0.1) is 11.6 Å². The van der Waals surface area contributed by atoms with Crippen molar-refractivity contribution in [2.75, 3.05) is 0 Å². The number of rotatable bonds is 3. The van der Waals surface area contributed by atoms with E-state index in [9.17, 15) is 18.4 Å². The van der Waals surface area contributed by atoms with Crippen molar-refractivity contribution in [1.29, 1.82) is 0 Å². The number of H-pyrrole nitrogens is 2. The molecule has 140 valence electrons. The van der Waals surface area contributed by atoms with Gasteiger partial charge in [-0.15, -0.1) is 0 Å². The third kappa shape index (κ3) is 2.55. The number of imidazole rings is 1. The minimum absolute atomic E-state index is 0.0789. The lowest BCUT2D eigenvalue weighted by Crippen LogP contribution is -2.23. The lowest BCUT2D eigenvalue weighted by molar-refractivity contribution is 0.498. The van der Waals surface area contributed by atoms with Crippen LogP contribution in [0.15, 0.2) is 52.4 Å². The van der Waals surface area contributed by atoms with Crippen LogP contribution in [-0.2, 0) is 0 Å². The summed E-state index contributed by atoms with van der Waals surface area (Å²) in [5.41, 5.74) is 1.08. The van der Waals surface area contributed by atoms with Crippen LogP contribution >= 0.6 is 0 Å². The molecular formula is C19H13F2N5O2. The summed E-state index contributed by atoms with van der Waals surface area (Å²) < 4.78 is 29.3. The monoisotopic (exact) mass is 381 g/mol. The minimum Gasteiger partial charge on any atom is -0.313 e. The van der Waals surface area contributed by atoms with Gasteiger partial charge in [0.15, 0.2) is 17.3 Å². The molecule has 0 radical (unpaired) electrons. The van der Waals surface area contributed by atoms with Crippen LogP contribution in [0.2, 0.25) is 0 Å². The molecule has 1 saturated carbocycles. The van der Waals surface area contributed by atoms with E-state index in [1.807, 2.05) is 0 Å². The maximum absolute atomic E-state index is 14.2. The highest BCUT2D eigenvalue weighted by molar-refractivity contribution is 5.63. The van der Waals surface area contributed by atoms with Gasteiger partial charge in [0.1, 0.15) is 0 Å². The molecule has 0 amide bonds. The molecule has 7 nitrogen and oxygen atoms in total. The second kappa shape index (κ2) is 5.95.